The zero-order valence-electron chi connectivity index (χ0n) is 15.3. The number of carbonyl (C=O) groups is 2. The summed E-state index contributed by atoms with van der Waals surface area (Å²) in [5.74, 6) is 0.369. The van der Waals surface area contributed by atoms with Crippen LogP contribution < -0.4 is 20.5 Å². The smallest absolute Gasteiger partial charge is 0.256 e. The Morgan fingerprint density at radius 1 is 1.16 bits per heavy atom. The van der Waals surface area contributed by atoms with Gasteiger partial charge in [-0.25, -0.2) is 0 Å². The van der Waals surface area contributed by atoms with Gasteiger partial charge in [-0.15, -0.1) is 0 Å². The van der Waals surface area contributed by atoms with Crippen LogP contribution in [0.2, 0.25) is 0 Å². The van der Waals surface area contributed by atoms with Crippen LogP contribution in [0.3, 0.4) is 0 Å². The Balaban J connectivity index is 2.48. The number of carbonyl (C=O) groups excluding carboxylic acids is 2. The molecule has 2 atom stereocenters. The number of likely N-dealkylation sites (tertiary alicyclic amines) is 1. The van der Waals surface area contributed by atoms with E-state index in [9.17, 15) is 9.59 Å². The number of rotatable bonds is 5. The van der Waals surface area contributed by atoms with Gasteiger partial charge in [-0.1, -0.05) is 0 Å². The van der Waals surface area contributed by atoms with Gasteiger partial charge in [0.2, 0.25) is 5.91 Å². The van der Waals surface area contributed by atoms with Crippen molar-refractivity contribution in [3.8, 4) is 11.5 Å². The molecule has 1 aromatic rings. The molecule has 0 bridgehead atoms. The summed E-state index contributed by atoms with van der Waals surface area (Å²) < 4.78 is 10.6. The first-order valence-corrected chi connectivity index (χ1v) is 8.51. The standard InChI is InChI=1S/C18H27N3O4/c1-11-6-5-7-12(2)21(11)18(23)13-8-15(24-3)16(25-4)9-14(13)20-17(22)10-19/h8-9,11-12H,5-7,10,19H2,1-4H3,(H,20,22). The first-order valence-electron chi connectivity index (χ1n) is 8.51. The summed E-state index contributed by atoms with van der Waals surface area (Å²) in [5, 5.41) is 2.69. The number of anilines is 1. The Hall–Kier alpha value is -2.28. The van der Waals surface area contributed by atoms with Crippen molar-refractivity contribution in [2.45, 2.75) is 45.2 Å². The van der Waals surface area contributed by atoms with Crippen LogP contribution in [0.5, 0.6) is 11.5 Å². The average Bonchev–Trinajstić information content (AvgIpc) is 2.60. The average molecular weight is 349 g/mol. The van der Waals surface area contributed by atoms with Crippen molar-refractivity contribution < 1.29 is 19.1 Å². The van der Waals surface area contributed by atoms with Crippen LogP contribution in [-0.2, 0) is 4.79 Å². The molecule has 0 spiro atoms. The van der Waals surface area contributed by atoms with Crippen LogP contribution in [0, 0.1) is 0 Å². The number of benzene rings is 1. The quantitative estimate of drug-likeness (QED) is 0.848. The third kappa shape index (κ3) is 4.04. The van der Waals surface area contributed by atoms with Crippen molar-refractivity contribution >= 4 is 17.5 Å². The van der Waals surface area contributed by atoms with Gasteiger partial charge in [0.25, 0.3) is 5.91 Å². The molecule has 2 rings (SSSR count). The highest BCUT2D eigenvalue weighted by atomic mass is 16.5. The van der Waals surface area contributed by atoms with Gasteiger partial charge in [-0.2, -0.15) is 0 Å². The van der Waals surface area contributed by atoms with Crippen LogP contribution in [-0.4, -0.2) is 49.6 Å². The summed E-state index contributed by atoms with van der Waals surface area (Å²) >= 11 is 0. The van der Waals surface area contributed by atoms with Crippen LogP contribution in [0.1, 0.15) is 43.5 Å². The lowest BCUT2D eigenvalue weighted by atomic mass is 9.96. The predicted octanol–water partition coefficient (Wildman–Crippen LogP) is 2.00. The van der Waals surface area contributed by atoms with Crippen molar-refractivity contribution in [2.75, 3.05) is 26.1 Å². The lowest BCUT2D eigenvalue weighted by molar-refractivity contribution is -0.114. The number of amides is 2. The molecule has 7 nitrogen and oxygen atoms in total. The van der Waals surface area contributed by atoms with Gasteiger partial charge in [0.1, 0.15) is 0 Å². The monoisotopic (exact) mass is 349 g/mol. The Morgan fingerprint density at radius 3 is 2.24 bits per heavy atom. The fourth-order valence-corrected chi connectivity index (χ4v) is 3.32. The van der Waals surface area contributed by atoms with Crippen molar-refractivity contribution in [1.82, 2.24) is 4.90 Å². The number of nitrogens with two attached hydrogens (primary N) is 1. The third-order valence-electron chi connectivity index (χ3n) is 4.64. The zero-order chi connectivity index (χ0) is 18.6. The maximum Gasteiger partial charge on any atom is 0.256 e. The second kappa shape index (κ2) is 8.20. The maximum atomic E-state index is 13.2. The summed E-state index contributed by atoms with van der Waals surface area (Å²) in [6.45, 7) is 3.93. The normalized spacial score (nSPS) is 20.1. The van der Waals surface area contributed by atoms with Gasteiger partial charge in [-0.3, -0.25) is 9.59 Å². The van der Waals surface area contributed by atoms with Gasteiger partial charge in [0.15, 0.2) is 11.5 Å². The summed E-state index contributed by atoms with van der Waals surface area (Å²) in [6, 6.07) is 3.49. The van der Waals surface area contributed by atoms with E-state index < -0.39 is 0 Å². The summed E-state index contributed by atoms with van der Waals surface area (Å²) in [7, 11) is 3.01. The SMILES string of the molecule is COc1cc(NC(=O)CN)c(C(=O)N2C(C)CCCC2C)cc1OC. The third-order valence-corrected chi connectivity index (χ3v) is 4.64. The van der Waals surface area contributed by atoms with E-state index in [0.717, 1.165) is 19.3 Å². The number of piperidine rings is 1. The predicted molar refractivity (Wildman–Crippen MR) is 96.2 cm³/mol. The van der Waals surface area contributed by atoms with Crippen LogP contribution >= 0.6 is 0 Å². The van der Waals surface area contributed by atoms with Crippen molar-refractivity contribution in [1.29, 1.82) is 0 Å². The molecule has 0 saturated carbocycles. The highest BCUT2D eigenvalue weighted by Crippen LogP contribution is 2.35. The minimum Gasteiger partial charge on any atom is -0.493 e. The summed E-state index contributed by atoms with van der Waals surface area (Å²) in [4.78, 5) is 26.9. The molecular formula is C18H27N3O4. The zero-order valence-corrected chi connectivity index (χ0v) is 15.3. The van der Waals surface area contributed by atoms with Gasteiger partial charge in [0.05, 0.1) is 32.0 Å². The first-order chi connectivity index (χ1) is 11.9. The van der Waals surface area contributed by atoms with Crippen molar-refractivity contribution in [3.63, 3.8) is 0 Å². The highest BCUT2D eigenvalue weighted by Gasteiger charge is 2.31. The van der Waals surface area contributed by atoms with E-state index in [0.29, 0.717) is 22.7 Å². The lowest BCUT2D eigenvalue weighted by Gasteiger charge is -2.39. The van der Waals surface area contributed by atoms with Crippen LogP contribution in [0.25, 0.3) is 0 Å². The Kier molecular flexibility index (Phi) is 6.25. The maximum absolute atomic E-state index is 13.2. The fourth-order valence-electron chi connectivity index (χ4n) is 3.32. The molecular weight excluding hydrogens is 322 g/mol. The van der Waals surface area contributed by atoms with Crippen molar-refractivity contribution in [2.24, 2.45) is 5.73 Å². The van der Waals surface area contributed by atoms with E-state index in [2.05, 4.69) is 5.32 Å². The number of ether oxygens (including phenoxy) is 2. The van der Waals surface area contributed by atoms with Gasteiger partial charge >= 0.3 is 0 Å². The number of methoxy groups -OCH3 is 2. The number of nitrogens with one attached hydrogen (secondary N) is 1. The molecule has 1 aliphatic heterocycles. The van der Waals surface area contributed by atoms with E-state index in [1.807, 2.05) is 18.7 Å². The molecule has 0 radical (unpaired) electrons. The first kappa shape index (κ1) is 19.1. The fraction of sp³-hybridized carbons (Fsp3) is 0.556. The van der Waals surface area contributed by atoms with Crippen LogP contribution in [0.15, 0.2) is 12.1 Å². The number of hydrogen-bond donors (Lipinski definition) is 2. The number of hydrogen-bond acceptors (Lipinski definition) is 5. The summed E-state index contributed by atoms with van der Waals surface area (Å²) in [6.07, 6.45) is 3.04. The Bertz CT molecular complexity index is 637. The van der Waals surface area contributed by atoms with Gasteiger partial charge < -0.3 is 25.4 Å². The molecule has 0 aliphatic carbocycles. The molecule has 1 saturated heterocycles. The lowest BCUT2D eigenvalue weighted by Crippen LogP contribution is -2.47. The van der Waals surface area contributed by atoms with E-state index in [-0.39, 0.29) is 30.4 Å². The molecule has 2 unspecified atom stereocenters. The van der Waals surface area contributed by atoms with Crippen LogP contribution in [0.4, 0.5) is 5.69 Å². The van der Waals surface area contributed by atoms with Gasteiger partial charge in [0, 0.05) is 18.2 Å². The van der Waals surface area contributed by atoms with Gasteiger partial charge in [-0.05, 0) is 39.2 Å². The topological polar surface area (TPSA) is 93.9 Å². The Labute approximate surface area is 148 Å². The minimum atomic E-state index is -0.374. The molecule has 1 aromatic carbocycles. The van der Waals surface area contributed by atoms with E-state index in [4.69, 9.17) is 15.2 Å². The van der Waals surface area contributed by atoms with E-state index in [1.54, 1.807) is 12.1 Å². The minimum absolute atomic E-state index is 0.132. The molecule has 25 heavy (non-hydrogen) atoms. The second-order valence-electron chi connectivity index (χ2n) is 6.35. The molecule has 2 amide bonds. The van der Waals surface area contributed by atoms with E-state index in [1.165, 1.54) is 14.2 Å². The largest absolute Gasteiger partial charge is 0.493 e. The molecule has 7 heteroatoms. The van der Waals surface area contributed by atoms with Crippen molar-refractivity contribution in [3.05, 3.63) is 17.7 Å². The Morgan fingerprint density at radius 2 is 1.72 bits per heavy atom. The molecule has 1 heterocycles. The summed E-state index contributed by atoms with van der Waals surface area (Å²) in [5.41, 5.74) is 6.15. The second-order valence-corrected chi connectivity index (χ2v) is 6.35. The molecule has 3 N–H and O–H groups in total. The van der Waals surface area contributed by atoms with E-state index >= 15 is 0 Å². The molecule has 138 valence electrons. The number of nitrogens with zero attached hydrogens (tertiary/aromatic N) is 1. The molecule has 1 aliphatic rings. The highest BCUT2D eigenvalue weighted by molar-refractivity contribution is 6.05. The molecule has 1 fully saturated rings. The molecule has 0 aromatic heterocycles.